The molecule has 0 radical (unpaired) electrons. The highest BCUT2D eigenvalue weighted by molar-refractivity contribution is 7.21. The Bertz CT molecular complexity index is 1290. The van der Waals surface area contributed by atoms with Crippen LogP contribution in [0.1, 0.15) is 0 Å². The van der Waals surface area contributed by atoms with Gasteiger partial charge < -0.3 is 14.9 Å². The number of para-hydroxylation sites is 1. The van der Waals surface area contributed by atoms with Crippen molar-refractivity contribution < 1.29 is 9.66 Å². The second-order valence-electron chi connectivity index (χ2n) is 6.04. The van der Waals surface area contributed by atoms with Crippen LogP contribution in [0.2, 0.25) is 0 Å². The number of nitrogens with zero attached hydrogens (tertiary/aromatic N) is 4. The van der Waals surface area contributed by atoms with Gasteiger partial charge in [0.25, 0.3) is 0 Å². The van der Waals surface area contributed by atoms with Crippen LogP contribution in [0.3, 0.4) is 0 Å². The van der Waals surface area contributed by atoms with Gasteiger partial charge in [0.15, 0.2) is 0 Å². The molecule has 0 unspecified atom stereocenters. The maximum Gasteiger partial charge on any atom is 0.392 e. The first-order valence-corrected chi connectivity index (χ1v) is 9.26. The first-order chi connectivity index (χ1) is 13.7. The number of thiazole rings is 1. The van der Waals surface area contributed by atoms with Gasteiger partial charge in [-0.2, -0.15) is 9.38 Å². The molecule has 0 atom stereocenters. The minimum absolute atomic E-state index is 0.0380. The zero-order chi connectivity index (χ0) is 19.1. The van der Waals surface area contributed by atoms with Gasteiger partial charge in [0.1, 0.15) is 10.8 Å². The molecule has 0 aliphatic carbocycles. The van der Waals surface area contributed by atoms with Gasteiger partial charge in [0, 0.05) is 11.6 Å². The third kappa shape index (κ3) is 2.76. The fourth-order valence-corrected chi connectivity index (χ4v) is 3.94. The molecule has 0 saturated carbocycles. The Morgan fingerprint density at radius 2 is 1.75 bits per heavy atom. The summed E-state index contributed by atoms with van der Waals surface area (Å²) in [6, 6.07) is 20.4. The second kappa shape index (κ2) is 6.43. The van der Waals surface area contributed by atoms with E-state index < -0.39 is 4.92 Å². The van der Waals surface area contributed by atoms with Crippen LogP contribution in [-0.4, -0.2) is 19.3 Å². The standard InChI is InChI=1S/C20H12N4O3S/c25-24(26)20-18(22-17-7-3-4-12-23(17)20)27-14-10-8-13(9-11-14)19-21-15-5-1-2-6-16(15)28-19/h1-12H. The van der Waals surface area contributed by atoms with Gasteiger partial charge in [-0.25, -0.2) is 4.98 Å². The zero-order valence-electron chi connectivity index (χ0n) is 14.4. The molecular weight excluding hydrogens is 376 g/mol. The van der Waals surface area contributed by atoms with E-state index in [9.17, 15) is 10.1 Å². The molecular formula is C20H12N4O3S. The number of aromatic nitrogens is 3. The molecule has 0 saturated heterocycles. The van der Waals surface area contributed by atoms with Crippen molar-refractivity contribution in [2.24, 2.45) is 0 Å². The van der Waals surface area contributed by atoms with E-state index in [1.807, 2.05) is 36.4 Å². The lowest BCUT2D eigenvalue weighted by molar-refractivity contribution is -0.391. The van der Waals surface area contributed by atoms with Gasteiger partial charge in [-0.15, -0.1) is 11.3 Å². The minimum atomic E-state index is -0.495. The van der Waals surface area contributed by atoms with E-state index in [-0.39, 0.29) is 11.7 Å². The summed E-state index contributed by atoms with van der Waals surface area (Å²) in [6.45, 7) is 0. The van der Waals surface area contributed by atoms with Crippen LogP contribution >= 0.6 is 11.3 Å². The molecule has 0 aliphatic heterocycles. The topological polar surface area (TPSA) is 82.6 Å². The fourth-order valence-electron chi connectivity index (χ4n) is 2.97. The summed E-state index contributed by atoms with van der Waals surface area (Å²) in [5.41, 5.74) is 2.37. The number of hydrogen-bond donors (Lipinski definition) is 0. The molecule has 28 heavy (non-hydrogen) atoms. The highest BCUT2D eigenvalue weighted by Gasteiger charge is 2.24. The molecule has 0 N–H and O–H groups in total. The summed E-state index contributed by atoms with van der Waals surface area (Å²) >= 11 is 1.61. The van der Waals surface area contributed by atoms with Crippen molar-refractivity contribution in [2.45, 2.75) is 0 Å². The molecule has 136 valence electrons. The van der Waals surface area contributed by atoms with Crippen molar-refractivity contribution in [3.63, 3.8) is 0 Å². The van der Waals surface area contributed by atoms with E-state index in [0.717, 1.165) is 20.8 Å². The molecule has 0 bridgehead atoms. The molecule has 0 aliphatic rings. The summed E-state index contributed by atoms with van der Waals surface area (Å²) < 4.78 is 8.23. The predicted octanol–water partition coefficient (Wildman–Crippen LogP) is 5.31. The molecule has 7 nitrogen and oxygen atoms in total. The van der Waals surface area contributed by atoms with E-state index in [0.29, 0.717) is 11.4 Å². The maximum atomic E-state index is 11.5. The number of rotatable bonds is 4. The van der Waals surface area contributed by atoms with Gasteiger partial charge in [-0.1, -0.05) is 18.2 Å². The number of pyridine rings is 1. The first-order valence-electron chi connectivity index (χ1n) is 8.44. The lowest BCUT2D eigenvalue weighted by Gasteiger charge is -2.03. The average molecular weight is 388 g/mol. The van der Waals surface area contributed by atoms with Crippen LogP contribution in [-0.2, 0) is 0 Å². The van der Waals surface area contributed by atoms with Crippen LogP contribution in [0.5, 0.6) is 11.6 Å². The van der Waals surface area contributed by atoms with Crippen molar-refractivity contribution in [1.82, 2.24) is 14.4 Å². The van der Waals surface area contributed by atoms with Crippen molar-refractivity contribution in [3.8, 4) is 22.2 Å². The molecule has 5 aromatic rings. The highest BCUT2D eigenvalue weighted by atomic mass is 32.1. The summed E-state index contributed by atoms with van der Waals surface area (Å²) in [5, 5.41) is 12.4. The van der Waals surface area contributed by atoms with Crippen LogP contribution < -0.4 is 4.74 Å². The van der Waals surface area contributed by atoms with Gasteiger partial charge in [-0.3, -0.25) is 0 Å². The molecule has 0 spiro atoms. The van der Waals surface area contributed by atoms with Crippen molar-refractivity contribution in [1.29, 1.82) is 0 Å². The summed E-state index contributed by atoms with van der Waals surface area (Å²) in [6.07, 6.45) is 1.59. The Kier molecular flexibility index (Phi) is 3.77. The van der Waals surface area contributed by atoms with E-state index in [4.69, 9.17) is 4.74 Å². The predicted molar refractivity (Wildman–Crippen MR) is 107 cm³/mol. The van der Waals surface area contributed by atoms with Crippen molar-refractivity contribution >= 4 is 33.0 Å². The third-order valence-electron chi connectivity index (χ3n) is 4.26. The van der Waals surface area contributed by atoms with E-state index in [1.54, 1.807) is 47.9 Å². The third-order valence-corrected chi connectivity index (χ3v) is 5.34. The molecule has 2 aromatic carbocycles. The number of imidazole rings is 1. The molecule has 5 rings (SSSR count). The SMILES string of the molecule is O=[N+]([O-])c1c(Oc2ccc(-c3nc4ccccc4s3)cc2)nc2ccccn12. The number of benzene rings is 2. The van der Waals surface area contributed by atoms with E-state index >= 15 is 0 Å². The smallest absolute Gasteiger partial charge is 0.392 e. The van der Waals surface area contributed by atoms with Crippen molar-refractivity contribution in [2.75, 3.05) is 0 Å². The largest absolute Gasteiger partial charge is 0.433 e. The molecule has 0 amide bonds. The molecule has 0 fully saturated rings. The van der Waals surface area contributed by atoms with Gasteiger partial charge >= 0.3 is 11.7 Å². The normalized spacial score (nSPS) is 11.1. The Morgan fingerprint density at radius 3 is 2.54 bits per heavy atom. The maximum absolute atomic E-state index is 11.5. The zero-order valence-corrected chi connectivity index (χ0v) is 15.2. The fraction of sp³-hybridized carbons (Fsp3) is 0. The van der Waals surface area contributed by atoms with Crippen LogP contribution in [0, 0.1) is 10.1 Å². The number of fused-ring (bicyclic) bond motifs is 2. The lowest BCUT2D eigenvalue weighted by atomic mass is 10.2. The average Bonchev–Trinajstić information content (AvgIpc) is 3.29. The molecule has 3 heterocycles. The number of hydrogen-bond acceptors (Lipinski definition) is 6. The summed E-state index contributed by atoms with van der Waals surface area (Å²) in [4.78, 5) is 19.8. The Labute approximate surface area is 162 Å². The summed E-state index contributed by atoms with van der Waals surface area (Å²) in [5.74, 6) is 0.228. The molecule has 8 heteroatoms. The van der Waals surface area contributed by atoms with Gasteiger partial charge in [0.2, 0.25) is 5.65 Å². The lowest BCUT2D eigenvalue weighted by Crippen LogP contribution is -1.96. The van der Waals surface area contributed by atoms with Crippen LogP contribution in [0.15, 0.2) is 72.9 Å². The van der Waals surface area contributed by atoms with Gasteiger partial charge in [0.05, 0.1) is 16.4 Å². The second-order valence-corrected chi connectivity index (χ2v) is 7.07. The quantitative estimate of drug-likeness (QED) is 0.308. The van der Waals surface area contributed by atoms with E-state index in [1.165, 1.54) is 4.40 Å². The monoisotopic (exact) mass is 388 g/mol. The molecule has 3 aromatic heterocycles. The Hall–Kier alpha value is -3.78. The summed E-state index contributed by atoms with van der Waals surface area (Å²) in [7, 11) is 0. The van der Waals surface area contributed by atoms with Crippen LogP contribution in [0.4, 0.5) is 5.82 Å². The number of nitro groups is 1. The van der Waals surface area contributed by atoms with E-state index in [2.05, 4.69) is 9.97 Å². The van der Waals surface area contributed by atoms with Crippen LogP contribution in [0.25, 0.3) is 26.4 Å². The first kappa shape index (κ1) is 16.4. The van der Waals surface area contributed by atoms with Gasteiger partial charge in [-0.05, 0) is 47.4 Å². The minimum Gasteiger partial charge on any atom is -0.433 e. The Balaban J connectivity index is 1.48. The highest BCUT2D eigenvalue weighted by Crippen LogP contribution is 2.34. The van der Waals surface area contributed by atoms with Crippen molar-refractivity contribution in [3.05, 3.63) is 83.0 Å². The Morgan fingerprint density at radius 1 is 0.964 bits per heavy atom. The number of ether oxygens (including phenoxy) is 1.